The summed E-state index contributed by atoms with van der Waals surface area (Å²) in [5, 5.41) is 0. The highest BCUT2D eigenvalue weighted by Crippen LogP contribution is 2.35. The van der Waals surface area contributed by atoms with E-state index in [9.17, 15) is 4.79 Å². The Morgan fingerprint density at radius 3 is 2.65 bits per heavy atom. The van der Waals surface area contributed by atoms with Crippen molar-refractivity contribution >= 4 is 5.78 Å². The molecule has 98 valence electrons. The largest absolute Gasteiger partial charge is 0.298 e. The lowest BCUT2D eigenvalue weighted by Crippen LogP contribution is -2.44. The minimum absolute atomic E-state index is 0.249. The van der Waals surface area contributed by atoms with Crippen LogP contribution >= 0.6 is 0 Å². The number of hydrogen-bond acceptors (Lipinski definition) is 2. The molecule has 1 aliphatic carbocycles. The minimum Gasteiger partial charge on any atom is -0.298 e. The highest BCUT2D eigenvalue weighted by atomic mass is 16.1. The smallest absolute Gasteiger partial charge is 0.149 e. The number of carbonyl (C=O) groups excluding carboxylic acids is 1. The average Bonchev–Trinajstić information content (AvgIpc) is 2.37. The maximum Gasteiger partial charge on any atom is 0.149 e. The van der Waals surface area contributed by atoms with Crippen LogP contribution in [0.3, 0.4) is 0 Å². The van der Waals surface area contributed by atoms with Crippen LogP contribution in [0.4, 0.5) is 0 Å². The quantitative estimate of drug-likeness (QED) is 0.749. The zero-order valence-electron chi connectivity index (χ0n) is 11.5. The fourth-order valence-electron chi connectivity index (χ4n) is 3.42. The Kier molecular flexibility index (Phi) is 4.61. The minimum atomic E-state index is 0.249. The van der Waals surface area contributed by atoms with Crippen LogP contribution in [0.15, 0.2) is 0 Å². The summed E-state index contributed by atoms with van der Waals surface area (Å²) < 4.78 is 0. The third-order valence-electron chi connectivity index (χ3n) is 4.92. The second-order valence-electron chi connectivity index (χ2n) is 6.10. The van der Waals surface area contributed by atoms with Crippen molar-refractivity contribution in [3.63, 3.8) is 0 Å². The fraction of sp³-hybridized carbons (Fsp3) is 0.933. The van der Waals surface area contributed by atoms with Crippen LogP contribution in [0, 0.1) is 17.8 Å². The normalized spacial score (nSPS) is 31.9. The molecule has 2 rings (SSSR count). The summed E-state index contributed by atoms with van der Waals surface area (Å²) in [7, 11) is 0. The van der Waals surface area contributed by atoms with Gasteiger partial charge in [-0.2, -0.15) is 0 Å². The van der Waals surface area contributed by atoms with Crippen LogP contribution in [0.2, 0.25) is 0 Å². The number of nitrogens with zero attached hydrogens (tertiary/aromatic N) is 1. The summed E-state index contributed by atoms with van der Waals surface area (Å²) in [4.78, 5) is 14.4. The van der Waals surface area contributed by atoms with Gasteiger partial charge in [0.05, 0.1) is 6.54 Å². The molecule has 2 fully saturated rings. The van der Waals surface area contributed by atoms with E-state index in [1.165, 1.54) is 38.6 Å². The molecular formula is C15H27NO. The van der Waals surface area contributed by atoms with E-state index < -0.39 is 0 Å². The molecule has 0 bridgehead atoms. The lowest BCUT2D eigenvalue weighted by molar-refractivity contribution is -0.124. The van der Waals surface area contributed by atoms with Gasteiger partial charge in [0.2, 0.25) is 0 Å². The predicted molar refractivity (Wildman–Crippen MR) is 71.0 cm³/mol. The Labute approximate surface area is 106 Å². The van der Waals surface area contributed by atoms with E-state index in [0.29, 0.717) is 12.3 Å². The van der Waals surface area contributed by atoms with Crippen molar-refractivity contribution in [1.82, 2.24) is 4.90 Å². The first kappa shape index (κ1) is 13.1. The van der Waals surface area contributed by atoms with Crippen LogP contribution in [0.1, 0.15) is 52.4 Å². The van der Waals surface area contributed by atoms with E-state index >= 15 is 0 Å². The monoisotopic (exact) mass is 237 g/mol. The Hall–Kier alpha value is -0.370. The first-order chi connectivity index (χ1) is 8.20. The Morgan fingerprint density at radius 1 is 1.24 bits per heavy atom. The third-order valence-corrected chi connectivity index (χ3v) is 4.92. The molecule has 0 aromatic carbocycles. The van der Waals surface area contributed by atoms with E-state index in [2.05, 4.69) is 18.7 Å². The summed E-state index contributed by atoms with van der Waals surface area (Å²) in [6.45, 7) is 7.22. The van der Waals surface area contributed by atoms with Gasteiger partial charge in [-0.3, -0.25) is 9.69 Å². The molecule has 0 amide bonds. The topological polar surface area (TPSA) is 20.3 Å². The number of fused-ring (bicyclic) bond motifs is 1. The van der Waals surface area contributed by atoms with Gasteiger partial charge in [0, 0.05) is 12.5 Å². The van der Waals surface area contributed by atoms with E-state index in [4.69, 9.17) is 0 Å². The maximum absolute atomic E-state index is 12.0. The van der Waals surface area contributed by atoms with Crippen molar-refractivity contribution < 1.29 is 4.79 Å². The number of piperidine rings is 1. The summed E-state index contributed by atoms with van der Waals surface area (Å²) in [5.41, 5.74) is 0. The van der Waals surface area contributed by atoms with Crippen molar-refractivity contribution in [1.29, 1.82) is 0 Å². The number of Topliss-reactive ketones (excluding diaryl/α,β-unsaturated/α-hetero) is 1. The van der Waals surface area contributed by atoms with Gasteiger partial charge < -0.3 is 0 Å². The predicted octanol–water partition coefficient (Wildman–Crippen LogP) is 3.11. The molecule has 1 heterocycles. The van der Waals surface area contributed by atoms with Crippen LogP contribution < -0.4 is 0 Å². The summed E-state index contributed by atoms with van der Waals surface area (Å²) in [6, 6.07) is 0. The van der Waals surface area contributed by atoms with E-state index in [1.54, 1.807) is 0 Å². The van der Waals surface area contributed by atoms with Crippen molar-refractivity contribution in [3.05, 3.63) is 0 Å². The number of carbonyl (C=O) groups is 1. The zero-order chi connectivity index (χ0) is 12.3. The van der Waals surface area contributed by atoms with E-state index in [0.717, 1.165) is 24.8 Å². The molecule has 17 heavy (non-hydrogen) atoms. The van der Waals surface area contributed by atoms with Crippen LogP contribution in [-0.2, 0) is 4.79 Å². The summed E-state index contributed by atoms with van der Waals surface area (Å²) in [5.74, 6) is 2.56. The average molecular weight is 237 g/mol. The van der Waals surface area contributed by atoms with Gasteiger partial charge in [0.25, 0.3) is 0 Å². The molecule has 3 unspecified atom stereocenters. The molecule has 2 nitrogen and oxygen atoms in total. The number of hydrogen-bond donors (Lipinski definition) is 0. The molecule has 0 aromatic heterocycles. The van der Waals surface area contributed by atoms with Crippen molar-refractivity contribution in [3.8, 4) is 0 Å². The highest BCUT2D eigenvalue weighted by Gasteiger charge is 2.31. The highest BCUT2D eigenvalue weighted by molar-refractivity contribution is 5.82. The lowest BCUT2D eigenvalue weighted by atomic mass is 9.75. The summed E-state index contributed by atoms with van der Waals surface area (Å²) in [6.07, 6.45) is 8.01. The third kappa shape index (κ3) is 3.31. The Balaban J connectivity index is 1.81. The Bertz CT molecular complexity index is 264. The van der Waals surface area contributed by atoms with Crippen molar-refractivity contribution in [2.45, 2.75) is 52.4 Å². The second kappa shape index (κ2) is 5.99. The first-order valence-corrected chi connectivity index (χ1v) is 7.45. The SMILES string of the molecule is CCC(C)C(=O)CN1CCC2CCCCC2C1. The van der Waals surface area contributed by atoms with Crippen LogP contribution in [-0.4, -0.2) is 30.3 Å². The molecular weight excluding hydrogens is 210 g/mol. The Morgan fingerprint density at radius 2 is 1.94 bits per heavy atom. The second-order valence-corrected chi connectivity index (χ2v) is 6.10. The van der Waals surface area contributed by atoms with Crippen molar-refractivity contribution in [2.75, 3.05) is 19.6 Å². The van der Waals surface area contributed by atoms with Gasteiger partial charge in [0.15, 0.2) is 0 Å². The summed E-state index contributed by atoms with van der Waals surface area (Å²) >= 11 is 0. The maximum atomic E-state index is 12.0. The van der Waals surface area contributed by atoms with Crippen LogP contribution in [0.25, 0.3) is 0 Å². The van der Waals surface area contributed by atoms with Crippen molar-refractivity contribution in [2.24, 2.45) is 17.8 Å². The molecule has 0 radical (unpaired) electrons. The molecule has 2 aliphatic rings. The number of ketones is 1. The molecule has 3 atom stereocenters. The number of rotatable bonds is 4. The molecule has 0 N–H and O–H groups in total. The molecule has 2 heteroatoms. The van der Waals surface area contributed by atoms with Gasteiger partial charge in [-0.15, -0.1) is 0 Å². The lowest BCUT2D eigenvalue weighted by Gasteiger charge is -2.41. The van der Waals surface area contributed by atoms with E-state index in [-0.39, 0.29) is 5.92 Å². The van der Waals surface area contributed by atoms with Gasteiger partial charge in [-0.25, -0.2) is 0 Å². The first-order valence-electron chi connectivity index (χ1n) is 7.45. The van der Waals surface area contributed by atoms with Gasteiger partial charge >= 0.3 is 0 Å². The number of likely N-dealkylation sites (tertiary alicyclic amines) is 1. The van der Waals surface area contributed by atoms with Gasteiger partial charge in [-0.05, 0) is 37.6 Å². The standard InChI is InChI=1S/C15H27NO/c1-3-12(2)15(17)11-16-9-8-13-6-4-5-7-14(13)10-16/h12-14H,3-11H2,1-2H3. The van der Waals surface area contributed by atoms with E-state index in [1.807, 2.05) is 0 Å². The molecule has 0 spiro atoms. The molecule has 1 saturated carbocycles. The fourth-order valence-corrected chi connectivity index (χ4v) is 3.42. The zero-order valence-corrected chi connectivity index (χ0v) is 11.5. The molecule has 1 aliphatic heterocycles. The molecule has 0 aromatic rings. The van der Waals surface area contributed by atoms with Gasteiger partial charge in [-0.1, -0.05) is 33.1 Å². The molecule has 1 saturated heterocycles. The van der Waals surface area contributed by atoms with Crippen LogP contribution in [0.5, 0.6) is 0 Å². The van der Waals surface area contributed by atoms with Gasteiger partial charge in [0.1, 0.15) is 5.78 Å².